The number of aromatic nitrogens is 1. The maximum Gasteiger partial charge on any atom is 0.267 e. The van der Waals surface area contributed by atoms with E-state index in [1.807, 2.05) is 13.0 Å². The number of thiophene rings is 1. The summed E-state index contributed by atoms with van der Waals surface area (Å²) in [5.74, 6) is -0.852. The minimum Gasteiger partial charge on any atom is -0.411 e. The van der Waals surface area contributed by atoms with Gasteiger partial charge in [-0.2, -0.15) is 0 Å². The molecule has 0 spiro atoms. The Labute approximate surface area is 194 Å². The van der Waals surface area contributed by atoms with Gasteiger partial charge in [-0.15, -0.1) is 11.3 Å². The fraction of sp³-hybridized carbons (Fsp3) is 0.250. The highest BCUT2D eigenvalue weighted by Crippen LogP contribution is 2.33. The zero-order valence-corrected chi connectivity index (χ0v) is 20.3. The van der Waals surface area contributed by atoms with Crippen molar-refractivity contribution in [2.24, 2.45) is 5.16 Å². The van der Waals surface area contributed by atoms with Gasteiger partial charge in [0.15, 0.2) is 0 Å². The van der Waals surface area contributed by atoms with Gasteiger partial charge in [-0.1, -0.05) is 33.5 Å². The van der Waals surface area contributed by atoms with Gasteiger partial charge in [0, 0.05) is 5.56 Å². The lowest BCUT2D eigenvalue weighted by Gasteiger charge is -2.15. The Hall–Kier alpha value is -2.89. The lowest BCUT2D eigenvalue weighted by Crippen LogP contribution is -2.20. The fourth-order valence-corrected chi connectivity index (χ4v) is 6.03. The van der Waals surface area contributed by atoms with Crippen molar-refractivity contribution in [2.45, 2.75) is 39.5 Å². The third kappa shape index (κ3) is 4.50. The lowest BCUT2D eigenvalue weighted by molar-refractivity contribution is 0.102. The van der Waals surface area contributed by atoms with E-state index in [-0.39, 0.29) is 20.7 Å². The van der Waals surface area contributed by atoms with E-state index in [1.54, 1.807) is 39.1 Å². The van der Waals surface area contributed by atoms with Gasteiger partial charge in [0.25, 0.3) is 21.8 Å². The largest absolute Gasteiger partial charge is 0.411 e. The van der Waals surface area contributed by atoms with E-state index in [0.29, 0.717) is 28.2 Å². The van der Waals surface area contributed by atoms with Gasteiger partial charge in [-0.25, -0.2) is 13.1 Å². The molecule has 0 atom stereocenters. The highest BCUT2D eigenvalue weighted by atomic mass is 35.5. The summed E-state index contributed by atoms with van der Waals surface area (Å²) in [6, 6.07) is 3.63. The molecule has 2 heterocycles. The molecule has 0 aliphatic rings. The topological polar surface area (TPSA) is 134 Å². The molecule has 3 rings (SSSR count). The van der Waals surface area contributed by atoms with Crippen LogP contribution in [0.5, 0.6) is 0 Å². The first kappa shape index (κ1) is 23.8. The Morgan fingerprint density at radius 3 is 2.50 bits per heavy atom. The van der Waals surface area contributed by atoms with E-state index in [9.17, 15) is 18.4 Å². The van der Waals surface area contributed by atoms with Crippen molar-refractivity contribution in [1.29, 1.82) is 0 Å². The molecule has 0 aliphatic carbocycles. The van der Waals surface area contributed by atoms with Crippen molar-refractivity contribution < 1.29 is 22.9 Å². The number of hydrogen-bond donors (Lipinski definition) is 3. The van der Waals surface area contributed by atoms with Crippen LogP contribution in [0.1, 0.15) is 44.5 Å². The van der Waals surface area contributed by atoms with Crippen molar-refractivity contribution >= 4 is 56.2 Å². The lowest BCUT2D eigenvalue weighted by atomic mass is 10.0. The summed E-state index contributed by atoms with van der Waals surface area (Å²) in [6.45, 7) is 8.42. The number of nitrogens with one attached hydrogen (secondary N) is 2. The molecule has 9 nitrogen and oxygen atoms in total. The van der Waals surface area contributed by atoms with Crippen molar-refractivity contribution in [1.82, 2.24) is 5.16 Å². The SMILES string of the molecule is C/C(=N\O)c1cc(C)cc(C)c1NC(=O)c1scc(C)c1S(=O)(=O)Nc1onc(C)c1Cl. The van der Waals surface area contributed by atoms with E-state index >= 15 is 0 Å². The molecule has 12 heteroatoms. The number of aryl methyl sites for hydroxylation is 4. The van der Waals surface area contributed by atoms with Crippen LogP contribution in [0.3, 0.4) is 0 Å². The van der Waals surface area contributed by atoms with E-state index < -0.39 is 15.9 Å². The molecular formula is C20H21ClN4O5S2. The molecule has 170 valence electrons. The highest BCUT2D eigenvalue weighted by molar-refractivity contribution is 7.93. The first-order chi connectivity index (χ1) is 15.0. The normalized spacial score (nSPS) is 12.1. The third-order valence-corrected chi connectivity index (χ3v) is 7.86. The summed E-state index contributed by atoms with van der Waals surface area (Å²) in [4.78, 5) is 12.9. The summed E-state index contributed by atoms with van der Waals surface area (Å²) < 4.78 is 33.3. The third-order valence-electron chi connectivity index (χ3n) is 4.67. The van der Waals surface area contributed by atoms with Crippen LogP contribution in [-0.2, 0) is 10.0 Å². The van der Waals surface area contributed by atoms with Crippen molar-refractivity contribution in [2.75, 3.05) is 10.0 Å². The maximum atomic E-state index is 13.2. The molecule has 0 unspecified atom stereocenters. The van der Waals surface area contributed by atoms with Crippen LogP contribution >= 0.6 is 22.9 Å². The fourth-order valence-electron chi connectivity index (χ4n) is 3.16. The van der Waals surface area contributed by atoms with E-state index in [1.165, 1.54) is 0 Å². The number of hydrogen-bond acceptors (Lipinski definition) is 8. The zero-order chi connectivity index (χ0) is 23.8. The Morgan fingerprint density at radius 1 is 1.22 bits per heavy atom. The smallest absolute Gasteiger partial charge is 0.267 e. The number of halogens is 1. The number of amides is 1. The molecular weight excluding hydrogens is 476 g/mol. The monoisotopic (exact) mass is 496 g/mol. The molecule has 0 bridgehead atoms. The summed E-state index contributed by atoms with van der Waals surface area (Å²) in [5.41, 5.74) is 3.61. The number of rotatable bonds is 6. The van der Waals surface area contributed by atoms with E-state index in [2.05, 4.69) is 20.4 Å². The van der Waals surface area contributed by atoms with Crippen LogP contribution in [0.2, 0.25) is 5.02 Å². The molecule has 0 saturated carbocycles. The maximum absolute atomic E-state index is 13.2. The molecule has 3 N–H and O–H groups in total. The van der Waals surface area contributed by atoms with Crippen molar-refractivity contribution in [3.05, 3.63) is 55.4 Å². The molecule has 32 heavy (non-hydrogen) atoms. The first-order valence-electron chi connectivity index (χ1n) is 9.30. The molecule has 0 aliphatic heterocycles. The second-order valence-electron chi connectivity index (χ2n) is 7.24. The Balaban J connectivity index is 2.02. The molecule has 3 aromatic rings. The second kappa shape index (κ2) is 8.93. The number of carbonyl (C=O) groups is 1. The summed E-state index contributed by atoms with van der Waals surface area (Å²) in [5, 5.41) is 20.5. The van der Waals surface area contributed by atoms with Gasteiger partial charge in [-0.3, -0.25) is 4.79 Å². The van der Waals surface area contributed by atoms with Crippen LogP contribution < -0.4 is 10.0 Å². The number of anilines is 2. The van der Waals surface area contributed by atoms with Crippen LogP contribution in [0.4, 0.5) is 11.6 Å². The molecule has 0 radical (unpaired) electrons. The van der Waals surface area contributed by atoms with Gasteiger partial charge in [0.05, 0.1) is 11.4 Å². The zero-order valence-electron chi connectivity index (χ0n) is 17.9. The minimum absolute atomic E-state index is 0.0214. The van der Waals surface area contributed by atoms with Gasteiger partial charge in [0.1, 0.15) is 20.5 Å². The van der Waals surface area contributed by atoms with Gasteiger partial charge >= 0.3 is 0 Å². The predicted octanol–water partition coefficient (Wildman–Crippen LogP) is 4.87. The number of nitrogens with zero attached hydrogens (tertiary/aromatic N) is 2. The molecule has 1 amide bonds. The summed E-state index contributed by atoms with van der Waals surface area (Å²) >= 11 is 7.01. The van der Waals surface area contributed by atoms with Crippen LogP contribution in [0.25, 0.3) is 0 Å². The molecule has 0 saturated heterocycles. The van der Waals surface area contributed by atoms with Gasteiger partial charge < -0.3 is 15.0 Å². The van der Waals surface area contributed by atoms with E-state index in [0.717, 1.165) is 22.5 Å². The Bertz CT molecular complexity index is 1340. The Morgan fingerprint density at radius 2 is 1.91 bits per heavy atom. The second-order valence-corrected chi connectivity index (χ2v) is 10.1. The molecule has 2 aromatic heterocycles. The number of benzene rings is 1. The number of sulfonamides is 1. The Kier molecular flexibility index (Phi) is 6.63. The molecule has 1 aromatic carbocycles. The van der Waals surface area contributed by atoms with Crippen LogP contribution in [0.15, 0.2) is 32.1 Å². The van der Waals surface area contributed by atoms with Crippen LogP contribution in [-0.4, -0.2) is 30.4 Å². The van der Waals surface area contributed by atoms with Gasteiger partial charge in [0.2, 0.25) is 0 Å². The van der Waals surface area contributed by atoms with Crippen molar-refractivity contribution in [3.8, 4) is 0 Å². The summed E-state index contributed by atoms with van der Waals surface area (Å²) in [7, 11) is -4.21. The van der Waals surface area contributed by atoms with Gasteiger partial charge in [-0.05, 0) is 57.2 Å². The van der Waals surface area contributed by atoms with Crippen molar-refractivity contribution in [3.63, 3.8) is 0 Å². The minimum atomic E-state index is -4.21. The van der Waals surface area contributed by atoms with E-state index in [4.69, 9.17) is 16.1 Å². The quantitative estimate of drug-likeness (QED) is 0.253. The summed E-state index contributed by atoms with van der Waals surface area (Å²) in [6.07, 6.45) is 0. The first-order valence-corrected chi connectivity index (χ1v) is 12.0. The van der Waals surface area contributed by atoms with Crippen LogP contribution in [0, 0.1) is 27.7 Å². The number of oxime groups is 1. The molecule has 0 fully saturated rings. The predicted molar refractivity (Wildman–Crippen MR) is 124 cm³/mol. The average Bonchev–Trinajstić information content (AvgIpc) is 3.26. The average molecular weight is 497 g/mol. The standard InChI is InChI=1S/C20H21ClN4O5S2/c1-9-6-10(2)16(14(7-9)12(4)23-27)22-19(26)17-18(11(3)8-31-17)32(28,29)25-20-15(21)13(5)24-30-20/h6-8,25,27H,1-5H3,(H,22,26)/b23-12+. The number of carbonyl (C=O) groups excluding carboxylic acids is 1. The highest BCUT2D eigenvalue weighted by Gasteiger charge is 2.30.